The summed E-state index contributed by atoms with van der Waals surface area (Å²) in [5.41, 5.74) is 5.65. The van der Waals surface area contributed by atoms with Crippen LogP contribution >= 0.6 is 0 Å². The zero-order valence-electron chi connectivity index (χ0n) is 9.55. The second-order valence-electron chi connectivity index (χ2n) is 4.81. The number of carbonyl (C=O) groups excluding carboxylic acids is 1. The Hall–Kier alpha value is -0.570. The average molecular weight is 198 g/mol. The Morgan fingerprint density at radius 3 is 2.71 bits per heavy atom. The van der Waals surface area contributed by atoms with E-state index in [2.05, 4.69) is 20.8 Å². The lowest BCUT2D eigenvalue weighted by Gasteiger charge is -2.43. The monoisotopic (exact) mass is 198 g/mol. The summed E-state index contributed by atoms with van der Waals surface area (Å²) in [7, 11) is 0. The third-order valence-corrected chi connectivity index (χ3v) is 3.44. The summed E-state index contributed by atoms with van der Waals surface area (Å²) < 4.78 is 0. The number of likely N-dealkylation sites (tertiary alicyclic amines) is 1. The van der Waals surface area contributed by atoms with Gasteiger partial charge < -0.3 is 10.6 Å². The van der Waals surface area contributed by atoms with Crippen LogP contribution in [0.15, 0.2) is 0 Å². The van der Waals surface area contributed by atoms with Gasteiger partial charge in [-0.25, -0.2) is 0 Å². The summed E-state index contributed by atoms with van der Waals surface area (Å²) >= 11 is 0. The van der Waals surface area contributed by atoms with Gasteiger partial charge in [0.2, 0.25) is 5.91 Å². The molecule has 1 rings (SSSR count). The van der Waals surface area contributed by atoms with E-state index in [1.54, 1.807) is 0 Å². The smallest absolute Gasteiger partial charge is 0.223 e. The summed E-state index contributed by atoms with van der Waals surface area (Å²) in [5, 5.41) is 0. The maximum atomic E-state index is 11.7. The SMILES string of the molecule is CCC(C)(C)N1CC(CN)CCC1=O. The van der Waals surface area contributed by atoms with E-state index in [9.17, 15) is 4.79 Å². The highest BCUT2D eigenvalue weighted by Gasteiger charge is 2.33. The van der Waals surface area contributed by atoms with Gasteiger partial charge in [-0.05, 0) is 39.2 Å². The lowest BCUT2D eigenvalue weighted by molar-refractivity contribution is -0.141. The fourth-order valence-electron chi connectivity index (χ4n) is 1.88. The second-order valence-corrected chi connectivity index (χ2v) is 4.81. The van der Waals surface area contributed by atoms with Crippen molar-refractivity contribution in [2.75, 3.05) is 13.1 Å². The molecule has 0 aromatic heterocycles. The average Bonchev–Trinajstić information content (AvgIpc) is 2.18. The molecule has 0 spiro atoms. The van der Waals surface area contributed by atoms with Crippen LogP contribution in [0.1, 0.15) is 40.0 Å². The van der Waals surface area contributed by atoms with Gasteiger partial charge in [0, 0.05) is 18.5 Å². The summed E-state index contributed by atoms with van der Waals surface area (Å²) in [4.78, 5) is 13.8. The Balaban J connectivity index is 2.70. The van der Waals surface area contributed by atoms with Crippen LogP contribution in [0.3, 0.4) is 0 Å². The molecule has 1 amide bonds. The summed E-state index contributed by atoms with van der Waals surface area (Å²) in [6.07, 6.45) is 2.63. The molecule has 14 heavy (non-hydrogen) atoms. The number of amides is 1. The van der Waals surface area contributed by atoms with Gasteiger partial charge in [0.25, 0.3) is 0 Å². The normalized spacial score (nSPS) is 24.1. The molecule has 1 aliphatic heterocycles. The highest BCUT2D eigenvalue weighted by molar-refractivity contribution is 5.77. The van der Waals surface area contributed by atoms with E-state index in [1.165, 1.54) is 0 Å². The Kier molecular flexibility index (Phi) is 3.53. The molecule has 1 unspecified atom stereocenters. The topological polar surface area (TPSA) is 46.3 Å². The number of rotatable bonds is 3. The molecule has 3 heteroatoms. The Bertz CT molecular complexity index is 213. The minimum atomic E-state index is -0.00900. The number of hydrogen-bond donors (Lipinski definition) is 1. The number of nitrogens with two attached hydrogens (primary N) is 1. The molecule has 0 saturated carbocycles. The summed E-state index contributed by atoms with van der Waals surface area (Å²) in [5.74, 6) is 0.792. The first kappa shape index (κ1) is 11.5. The molecule has 2 N–H and O–H groups in total. The molecule has 1 saturated heterocycles. The van der Waals surface area contributed by atoms with Crippen LogP contribution in [-0.2, 0) is 4.79 Å². The van der Waals surface area contributed by atoms with Crippen LogP contribution in [-0.4, -0.2) is 29.4 Å². The zero-order valence-corrected chi connectivity index (χ0v) is 9.55. The van der Waals surface area contributed by atoms with Crippen LogP contribution in [0.25, 0.3) is 0 Å². The van der Waals surface area contributed by atoms with Gasteiger partial charge in [-0.15, -0.1) is 0 Å². The highest BCUT2D eigenvalue weighted by Crippen LogP contribution is 2.26. The van der Waals surface area contributed by atoms with E-state index in [-0.39, 0.29) is 5.54 Å². The predicted molar refractivity (Wildman–Crippen MR) is 57.9 cm³/mol. The third-order valence-electron chi connectivity index (χ3n) is 3.44. The largest absolute Gasteiger partial charge is 0.337 e. The predicted octanol–water partition coefficient (Wildman–Crippen LogP) is 1.37. The Labute approximate surface area is 86.6 Å². The van der Waals surface area contributed by atoms with E-state index in [4.69, 9.17) is 5.73 Å². The van der Waals surface area contributed by atoms with Gasteiger partial charge in [-0.2, -0.15) is 0 Å². The number of piperidine rings is 1. The van der Waals surface area contributed by atoms with Crippen LogP contribution in [0.4, 0.5) is 0 Å². The summed E-state index contributed by atoms with van der Waals surface area (Å²) in [6.45, 7) is 7.92. The number of hydrogen-bond acceptors (Lipinski definition) is 2. The molecule has 0 bridgehead atoms. The molecule has 82 valence electrons. The fourth-order valence-corrected chi connectivity index (χ4v) is 1.88. The van der Waals surface area contributed by atoms with Gasteiger partial charge in [0.05, 0.1) is 0 Å². The Morgan fingerprint density at radius 2 is 2.21 bits per heavy atom. The van der Waals surface area contributed by atoms with Crippen molar-refractivity contribution in [2.45, 2.75) is 45.6 Å². The standard InChI is InChI=1S/C11H22N2O/c1-4-11(2,3)13-8-9(7-12)5-6-10(13)14/h9H,4-8,12H2,1-3H3. The van der Waals surface area contributed by atoms with Crippen molar-refractivity contribution in [1.29, 1.82) is 0 Å². The number of carbonyl (C=O) groups is 1. The first-order valence-corrected chi connectivity index (χ1v) is 5.51. The van der Waals surface area contributed by atoms with Crippen LogP contribution in [0, 0.1) is 5.92 Å². The van der Waals surface area contributed by atoms with Crippen molar-refractivity contribution in [3.63, 3.8) is 0 Å². The molecule has 1 aliphatic rings. The molecule has 0 aromatic carbocycles. The fraction of sp³-hybridized carbons (Fsp3) is 0.909. The lowest BCUT2D eigenvalue weighted by Crippen LogP contribution is -2.52. The van der Waals surface area contributed by atoms with E-state index in [0.29, 0.717) is 24.8 Å². The van der Waals surface area contributed by atoms with Crippen LogP contribution < -0.4 is 5.73 Å². The van der Waals surface area contributed by atoms with Crippen molar-refractivity contribution in [2.24, 2.45) is 11.7 Å². The molecule has 1 atom stereocenters. The quantitative estimate of drug-likeness (QED) is 0.744. The lowest BCUT2D eigenvalue weighted by atomic mass is 9.90. The molecule has 0 radical (unpaired) electrons. The van der Waals surface area contributed by atoms with Gasteiger partial charge in [0.1, 0.15) is 0 Å². The zero-order chi connectivity index (χ0) is 10.8. The second kappa shape index (κ2) is 4.30. The first-order valence-electron chi connectivity index (χ1n) is 5.51. The molecular formula is C11H22N2O. The van der Waals surface area contributed by atoms with Gasteiger partial charge in [-0.1, -0.05) is 6.92 Å². The first-order chi connectivity index (χ1) is 6.51. The van der Waals surface area contributed by atoms with Gasteiger partial charge in [-0.3, -0.25) is 4.79 Å². The Morgan fingerprint density at radius 1 is 1.57 bits per heavy atom. The third kappa shape index (κ3) is 2.27. The molecule has 0 aliphatic carbocycles. The molecule has 0 aromatic rings. The molecule has 3 nitrogen and oxygen atoms in total. The van der Waals surface area contributed by atoms with Gasteiger partial charge in [0.15, 0.2) is 0 Å². The maximum absolute atomic E-state index is 11.7. The van der Waals surface area contributed by atoms with Crippen molar-refractivity contribution in [3.8, 4) is 0 Å². The van der Waals surface area contributed by atoms with E-state index in [1.807, 2.05) is 4.90 Å². The molecule has 1 heterocycles. The van der Waals surface area contributed by atoms with E-state index >= 15 is 0 Å². The van der Waals surface area contributed by atoms with Gasteiger partial charge >= 0.3 is 0 Å². The van der Waals surface area contributed by atoms with E-state index < -0.39 is 0 Å². The van der Waals surface area contributed by atoms with Crippen molar-refractivity contribution in [1.82, 2.24) is 4.90 Å². The van der Waals surface area contributed by atoms with Crippen LogP contribution in [0.5, 0.6) is 0 Å². The maximum Gasteiger partial charge on any atom is 0.223 e. The van der Waals surface area contributed by atoms with Crippen LogP contribution in [0.2, 0.25) is 0 Å². The molecular weight excluding hydrogens is 176 g/mol. The minimum Gasteiger partial charge on any atom is -0.337 e. The number of nitrogens with zero attached hydrogens (tertiary/aromatic N) is 1. The van der Waals surface area contributed by atoms with Crippen molar-refractivity contribution in [3.05, 3.63) is 0 Å². The van der Waals surface area contributed by atoms with Crippen molar-refractivity contribution >= 4 is 5.91 Å². The van der Waals surface area contributed by atoms with Crippen molar-refractivity contribution < 1.29 is 4.79 Å². The summed E-state index contributed by atoms with van der Waals surface area (Å²) in [6, 6.07) is 0. The highest BCUT2D eigenvalue weighted by atomic mass is 16.2. The van der Waals surface area contributed by atoms with E-state index in [0.717, 1.165) is 19.4 Å². The molecule has 1 fully saturated rings. The minimum absolute atomic E-state index is 0.00900.